The smallest absolute Gasteiger partial charge is 0.416 e. The zero-order chi connectivity index (χ0) is 13.8. The fourth-order valence-corrected chi connectivity index (χ4v) is 1.86. The molecule has 100 valence electrons. The molecule has 0 saturated heterocycles. The minimum Gasteiger partial charge on any atom is -0.496 e. The molecule has 18 heavy (non-hydrogen) atoms. The van der Waals surface area contributed by atoms with Crippen molar-refractivity contribution in [1.82, 2.24) is 0 Å². The van der Waals surface area contributed by atoms with Gasteiger partial charge in [-0.2, -0.15) is 13.2 Å². The topological polar surface area (TPSA) is 9.23 Å². The van der Waals surface area contributed by atoms with Gasteiger partial charge in [-0.15, -0.1) is 0 Å². The molecule has 1 nitrogen and oxygen atoms in total. The largest absolute Gasteiger partial charge is 0.496 e. The van der Waals surface area contributed by atoms with Crippen LogP contribution in [0.2, 0.25) is 0 Å². The summed E-state index contributed by atoms with van der Waals surface area (Å²) in [7, 11) is 1.46. The number of hydrogen-bond donors (Lipinski definition) is 0. The summed E-state index contributed by atoms with van der Waals surface area (Å²) in [5.74, 6) is 0.673. The predicted octanol–water partition coefficient (Wildman–Crippen LogP) is 4.47. The van der Waals surface area contributed by atoms with Gasteiger partial charge in [-0.1, -0.05) is 19.1 Å². The lowest BCUT2D eigenvalue weighted by molar-refractivity contribution is -0.137. The van der Waals surface area contributed by atoms with E-state index in [2.05, 4.69) is 0 Å². The Morgan fingerprint density at radius 3 is 2.50 bits per heavy atom. The van der Waals surface area contributed by atoms with Crippen molar-refractivity contribution in [2.45, 2.75) is 26.4 Å². The predicted molar refractivity (Wildman–Crippen MR) is 65.7 cm³/mol. The lowest BCUT2D eigenvalue weighted by atomic mass is 9.98. The Balaban J connectivity index is 3.06. The fraction of sp³-hybridized carbons (Fsp3) is 0.429. The Hall–Kier alpha value is -1.45. The summed E-state index contributed by atoms with van der Waals surface area (Å²) in [6.45, 7) is 3.85. The van der Waals surface area contributed by atoms with Gasteiger partial charge in [0.1, 0.15) is 5.75 Å². The summed E-state index contributed by atoms with van der Waals surface area (Å²) in [6, 6.07) is 3.59. The highest BCUT2D eigenvalue weighted by Gasteiger charge is 2.31. The molecule has 1 aromatic carbocycles. The molecular formula is C14H17F3O. The van der Waals surface area contributed by atoms with Gasteiger partial charge >= 0.3 is 6.18 Å². The SMILES string of the molecule is C/C=C\C(C)Cc1cc(C(F)(F)F)ccc1OC. The van der Waals surface area contributed by atoms with Crippen LogP contribution in [0.3, 0.4) is 0 Å². The number of allylic oxidation sites excluding steroid dienone is 2. The molecule has 0 aromatic heterocycles. The summed E-state index contributed by atoms with van der Waals surface area (Å²) in [5, 5.41) is 0. The summed E-state index contributed by atoms with van der Waals surface area (Å²) >= 11 is 0. The van der Waals surface area contributed by atoms with Gasteiger partial charge in [0.05, 0.1) is 12.7 Å². The van der Waals surface area contributed by atoms with Gasteiger partial charge in [-0.25, -0.2) is 0 Å². The number of rotatable bonds is 4. The van der Waals surface area contributed by atoms with E-state index in [9.17, 15) is 13.2 Å². The molecule has 1 rings (SSSR count). The number of methoxy groups -OCH3 is 1. The zero-order valence-corrected chi connectivity index (χ0v) is 10.7. The number of alkyl halides is 3. The number of hydrogen-bond acceptors (Lipinski definition) is 1. The van der Waals surface area contributed by atoms with Gasteiger partial charge in [0, 0.05) is 0 Å². The van der Waals surface area contributed by atoms with E-state index in [1.807, 2.05) is 26.0 Å². The van der Waals surface area contributed by atoms with E-state index < -0.39 is 11.7 Å². The summed E-state index contributed by atoms with van der Waals surface area (Å²) in [4.78, 5) is 0. The highest BCUT2D eigenvalue weighted by Crippen LogP contribution is 2.33. The Kier molecular flexibility index (Phi) is 4.82. The molecule has 0 heterocycles. The molecule has 1 unspecified atom stereocenters. The van der Waals surface area contributed by atoms with E-state index in [4.69, 9.17) is 4.74 Å². The molecule has 0 aliphatic rings. The Labute approximate surface area is 105 Å². The quantitative estimate of drug-likeness (QED) is 0.724. The molecule has 1 aromatic rings. The van der Waals surface area contributed by atoms with Crippen molar-refractivity contribution in [1.29, 1.82) is 0 Å². The lowest BCUT2D eigenvalue weighted by Crippen LogP contribution is -2.07. The molecule has 0 radical (unpaired) electrons. The van der Waals surface area contributed by atoms with Crippen LogP contribution in [0.15, 0.2) is 30.4 Å². The van der Waals surface area contributed by atoms with Crippen LogP contribution in [0, 0.1) is 5.92 Å². The van der Waals surface area contributed by atoms with E-state index in [0.29, 0.717) is 17.7 Å². The third kappa shape index (κ3) is 3.79. The molecule has 0 saturated carbocycles. The Morgan fingerprint density at radius 2 is 2.00 bits per heavy atom. The average Bonchev–Trinajstić information content (AvgIpc) is 2.28. The Morgan fingerprint density at radius 1 is 1.33 bits per heavy atom. The van der Waals surface area contributed by atoms with E-state index >= 15 is 0 Å². The second kappa shape index (κ2) is 5.94. The fourth-order valence-electron chi connectivity index (χ4n) is 1.86. The van der Waals surface area contributed by atoms with Crippen molar-refractivity contribution in [3.8, 4) is 5.75 Å². The van der Waals surface area contributed by atoms with Crippen LogP contribution >= 0.6 is 0 Å². The summed E-state index contributed by atoms with van der Waals surface area (Å²) in [5.41, 5.74) is -0.0519. The maximum Gasteiger partial charge on any atom is 0.416 e. The lowest BCUT2D eigenvalue weighted by Gasteiger charge is -2.14. The van der Waals surface area contributed by atoms with Crippen LogP contribution in [-0.4, -0.2) is 7.11 Å². The van der Waals surface area contributed by atoms with Crippen LogP contribution < -0.4 is 4.74 Å². The number of benzene rings is 1. The minimum absolute atomic E-state index is 0.174. The maximum atomic E-state index is 12.6. The normalized spacial score (nSPS) is 13.9. The van der Waals surface area contributed by atoms with Crippen LogP contribution in [-0.2, 0) is 12.6 Å². The first-order chi connectivity index (χ1) is 8.38. The Bertz CT molecular complexity index is 422. The van der Waals surface area contributed by atoms with Crippen LogP contribution in [0.4, 0.5) is 13.2 Å². The van der Waals surface area contributed by atoms with Crippen molar-refractivity contribution < 1.29 is 17.9 Å². The molecule has 0 aliphatic carbocycles. The zero-order valence-electron chi connectivity index (χ0n) is 10.7. The van der Waals surface area contributed by atoms with Crippen molar-refractivity contribution in [3.63, 3.8) is 0 Å². The molecule has 1 atom stereocenters. The maximum absolute atomic E-state index is 12.6. The number of ether oxygens (including phenoxy) is 1. The van der Waals surface area contributed by atoms with E-state index in [1.54, 1.807) is 0 Å². The summed E-state index contributed by atoms with van der Waals surface area (Å²) < 4.78 is 43.0. The van der Waals surface area contributed by atoms with Crippen molar-refractivity contribution in [2.24, 2.45) is 5.92 Å². The second-order valence-electron chi connectivity index (χ2n) is 4.23. The van der Waals surface area contributed by atoms with Gasteiger partial charge < -0.3 is 4.74 Å². The van der Waals surface area contributed by atoms with Crippen molar-refractivity contribution in [3.05, 3.63) is 41.5 Å². The van der Waals surface area contributed by atoms with E-state index in [0.717, 1.165) is 6.07 Å². The summed E-state index contributed by atoms with van der Waals surface area (Å²) in [6.07, 6.45) is 0.0622. The molecule has 0 amide bonds. The third-order valence-electron chi connectivity index (χ3n) is 2.67. The average molecular weight is 258 g/mol. The highest BCUT2D eigenvalue weighted by atomic mass is 19.4. The molecule has 0 N–H and O–H groups in total. The molecule has 0 aliphatic heterocycles. The van der Waals surface area contributed by atoms with E-state index in [-0.39, 0.29) is 5.92 Å². The molecule has 0 spiro atoms. The molecule has 0 bridgehead atoms. The van der Waals surface area contributed by atoms with Crippen LogP contribution in [0.5, 0.6) is 5.75 Å². The molecular weight excluding hydrogens is 241 g/mol. The first kappa shape index (κ1) is 14.6. The van der Waals surface area contributed by atoms with Gasteiger partial charge in [0.25, 0.3) is 0 Å². The first-order valence-electron chi connectivity index (χ1n) is 5.75. The van der Waals surface area contributed by atoms with Gasteiger partial charge in [0.15, 0.2) is 0 Å². The molecule has 4 heteroatoms. The standard InChI is InChI=1S/C14H17F3O/c1-4-5-10(2)8-11-9-12(14(15,16)17)6-7-13(11)18-3/h4-7,9-10H,8H2,1-3H3/b5-4-. The van der Waals surface area contributed by atoms with Crippen molar-refractivity contribution in [2.75, 3.05) is 7.11 Å². The molecule has 0 fully saturated rings. The van der Waals surface area contributed by atoms with Gasteiger partial charge in [0.2, 0.25) is 0 Å². The monoisotopic (exact) mass is 258 g/mol. The van der Waals surface area contributed by atoms with Gasteiger partial charge in [-0.3, -0.25) is 0 Å². The van der Waals surface area contributed by atoms with Gasteiger partial charge in [-0.05, 0) is 43.0 Å². The van der Waals surface area contributed by atoms with Crippen LogP contribution in [0.25, 0.3) is 0 Å². The van der Waals surface area contributed by atoms with Crippen LogP contribution in [0.1, 0.15) is 25.0 Å². The first-order valence-corrected chi connectivity index (χ1v) is 5.75. The third-order valence-corrected chi connectivity index (χ3v) is 2.67. The minimum atomic E-state index is -4.31. The second-order valence-corrected chi connectivity index (χ2v) is 4.23. The van der Waals surface area contributed by atoms with Crippen molar-refractivity contribution >= 4 is 0 Å². The van der Waals surface area contributed by atoms with E-state index in [1.165, 1.54) is 19.2 Å². The number of halogens is 3. The highest BCUT2D eigenvalue weighted by molar-refractivity contribution is 5.38.